The second-order valence-corrected chi connectivity index (χ2v) is 9.78. The van der Waals surface area contributed by atoms with Crippen molar-refractivity contribution in [3.63, 3.8) is 0 Å². The van der Waals surface area contributed by atoms with E-state index >= 15 is 0 Å². The van der Waals surface area contributed by atoms with Gasteiger partial charge in [-0.05, 0) is 85.7 Å². The number of aliphatic hydroxyl groups is 2. The average molecular weight is 520 g/mol. The van der Waals surface area contributed by atoms with E-state index in [4.69, 9.17) is 4.74 Å². The molecule has 4 rings (SSSR count). The number of methoxy groups -OCH3 is 1. The molecule has 0 radical (unpaired) electrons. The standard InChI is InChI=1S/C30H34FN3O4/c1-20(36)33-28-8-6-24(31)16-22(28)4-3-14-34-15-12-21(23(18-34)19-35)5-10-30(37)26-11-13-32-29-9-7-25(38-2)17-27(26)29/h6-9,11,13,16-17,21,23,30,35,37H,5,10,12,14-15,18-19H2,1-2H3,(H,33,36)/t21-,23-,30+/m1/s1. The van der Waals surface area contributed by atoms with Gasteiger partial charge in [0, 0.05) is 31.7 Å². The Morgan fingerprint density at radius 3 is 2.87 bits per heavy atom. The highest BCUT2D eigenvalue weighted by Crippen LogP contribution is 2.33. The van der Waals surface area contributed by atoms with Crippen LogP contribution in [0.1, 0.15) is 43.4 Å². The Morgan fingerprint density at radius 1 is 1.26 bits per heavy atom. The number of piperidine rings is 1. The number of anilines is 1. The Kier molecular flexibility index (Phi) is 9.29. The highest BCUT2D eigenvalue weighted by molar-refractivity contribution is 5.90. The van der Waals surface area contributed by atoms with Gasteiger partial charge >= 0.3 is 0 Å². The maximum atomic E-state index is 13.7. The maximum absolute atomic E-state index is 13.7. The first-order chi connectivity index (χ1) is 18.4. The Labute approximate surface area is 222 Å². The summed E-state index contributed by atoms with van der Waals surface area (Å²) in [7, 11) is 1.62. The Bertz CT molecular complexity index is 1340. The number of rotatable bonds is 8. The third-order valence-electron chi connectivity index (χ3n) is 7.18. The molecule has 0 unspecified atom stereocenters. The highest BCUT2D eigenvalue weighted by Gasteiger charge is 2.29. The number of hydrogen-bond donors (Lipinski definition) is 3. The quantitative estimate of drug-likeness (QED) is 0.388. The van der Waals surface area contributed by atoms with Gasteiger partial charge in [0.05, 0.1) is 36.5 Å². The molecule has 0 bridgehead atoms. The minimum absolute atomic E-state index is 0.0661. The van der Waals surface area contributed by atoms with Gasteiger partial charge in [-0.3, -0.25) is 14.7 Å². The third kappa shape index (κ3) is 6.87. The molecule has 3 atom stereocenters. The Morgan fingerprint density at radius 2 is 2.11 bits per heavy atom. The predicted molar refractivity (Wildman–Crippen MR) is 145 cm³/mol. The molecule has 3 aromatic rings. The van der Waals surface area contributed by atoms with Crippen molar-refractivity contribution in [2.45, 2.75) is 32.3 Å². The molecule has 2 heterocycles. The largest absolute Gasteiger partial charge is 0.497 e. The fourth-order valence-electron chi connectivity index (χ4n) is 5.14. The minimum atomic E-state index is -0.639. The van der Waals surface area contributed by atoms with Crippen molar-refractivity contribution in [1.29, 1.82) is 0 Å². The number of hydrogen-bond acceptors (Lipinski definition) is 6. The molecular formula is C30H34FN3O4. The zero-order valence-corrected chi connectivity index (χ0v) is 21.8. The summed E-state index contributed by atoms with van der Waals surface area (Å²) in [6.45, 7) is 3.46. The molecule has 200 valence electrons. The fourth-order valence-corrected chi connectivity index (χ4v) is 5.14. The van der Waals surface area contributed by atoms with Gasteiger partial charge in [-0.15, -0.1) is 0 Å². The Hall–Kier alpha value is -3.51. The van der Waals surface area contributed by atoms with Gasteiger partial charge in [-0.25, -0.2) is 4.39 Å². The molecule has 2 aromatic carbocycles. The van der Waals surface area contributed by atoms with Crippen LogP contribution in [0.3, 0.4) is 0 Å². The average Bonchev–Trinajstić information content (AvgIpc) is 2.92. The zero-order valence-electron chi connectivity index (χ0n) is 21.8. The van der Waals surface area contributed by atoms with E-state index in [-0.39, 0.29) is 24.3 Å². The lowest BCUT2D eigenvalue weighted by Crippen LogP contribution is -2.42. The summed E-state index contributed by atoms with van der Waals surface area (Å²) in [5.41, 5.74) is 2.56. The normalized spacial score (nSPS) is 18.4. The Balaban J connectivity index is 1.35. The van der Waals surface area contributed by atoms with E-state index in [0.29, 0.717) is 30.8 Å². The van der Waals surface area contributed by atoms with Crippen molar-refractivity contribution < 1.29 is 24.1 Å². The number of carbonyl (C=O) groups is 1. The van der Waals surface area contributed by atoms with E-state index in [2.05, 4.69) is 27.0 Å². The smallest absolute Gasteiger partial charge is 0.221 e. The van der Waals surface area contributed by atoms with Gasteiger partial charge in [0.25, 0.3) is 0 Å². The number of fused-ring (bicyclic) bond motifs is 1. The molecule has 1 saturated heterocycles. The summed E-state index contributed by atoms with van der Waals surface area (Å²) in [5, 5.41) is 24.7. The molecule has 8 heteroatoms. The van der Waals surface area contributed by atoms with Gasteiger partial charge in [0.1, 0.15) is 11.6 Å². The van der Waals surface area contributed by atoms with E-state index < -0.39 is 11.9 Å². The summed E-state index contributed by atoms with van der Waals surface area (Å²) in [4.78, 5) is 18.0. The molecule has 7 nitrogen and oxygen atoms in total. The van der Waals surface area contributed by atoms with Gasteiger partial charge < -0.3 is 20.3 Å². The lowest BCUT2D eigenvalue weighted by Gasteiger charge is -2.37. The lowest BCUT2D eigenvalue weighted by molar-refractivity contribution is -0.114. The highest BCUT2D eigenvalue weighted by atomic mass is 19.1. The zero-order chi connectivity index (χ0) is 27.1. The van der Waals surface area contributed by atoms with Crippen LogP contribution in [0.15, 0.2) is 48.7 Å². The number of nitrogens with one attached hydrogen (secondary N) is 1. The van der Waals surface area contributed by atoms with Crippen molar-refractivity contribution in [2.75, 3.05) is 38.7 Å². The molecule has 0 aliphatic carbocycles. The van der Waals surface area contributed by atoms with Crippen molar-refractivity contribution in [3.8, 4) is 17.6 Å². The molecule has 1 aliphatic rings. The number of aromatic nitrogens is 1. The molecule has 0 spiro atoms. The summed E-state index contributed by atoms with van der Waals surface area (Å²) >= 11 is 0. The minimum Gasteiger partial charge on any atom is -0.497 e. The summed E-state index contributed by atoms with van der Waals surface area (Å²) < 4.78 is 19.1. The molecule has 1 aliphatic heterocycles. The molecule has 1 fully saturated rings. The first-order valence-electron chi connectivity index (χ1n) is 12.9. The van der Waals surface area contributed by atoms with Crippen LogP contribution >= 0.6 is 0 Å². The van der Waals surface area contributed by atoms with Crippen LogP contribution < -0.4 is 10.1 Å². The van der Waals surface area contributed by atoms with Crippen LogP contribution in [0, 0.1) is 29.5 Å². The van der Waals surface area contributed by atoms with Gasteiger partial charge in [0.15, 0.2) is 0 Å². The van der Waals surface area contributed by atoms with Gasteiger partial charge in [0.2, 0.25) is 5.91 Å². The first kappa shape index (κ1) is 27.5. The van der Waals surface area contributed by atoms with Gasteiger partial charge in [-0.1, -0.05) is 11.8 Å². The molecule has 38 heavy (non-hydrogen) atoms. The number of aliphatic hydroxyl groups excluding tert-OH is 2. The number of halogens is 1. The van der Waals surface area contributed by atoms with Crippen molar-refractivity contribution in [2.24, 2.45) is 11.8 Å². The predicted octanol–water partition coefficient (Wildman–Crippen LogP) is 4.14. The molecule has 3 N–H and O–H groups in total. The fraction of sp³-hybridized carbons (Fsp3) is 0.400. The van der Waals surface area contributed by atoms with E-state index in [1.807, 2.05) is 24.3 Å². The van der Waals surface area contributed by atoms with Crippen LogP contribution in [0.5, 0.6) is 5.75 Å². The number of likely N-dealkylation sites (tertiary alicyclic amines) is 1. The second kappa shape index (κ2) is 12.8. The first-order valence-corrected chi connectivity index (χ1v) is 12.9. The topological polar surface area (TPSA) is 94.9 Å². The van der Waals surface area contributed by atoms with Crippen LogP contribution in [0.4, 0.5) is 10.1 Å². The summed E-state index contributed by atoms with van der Waals surface area (Å²) in [5.74, 6) is 6.50. The molecule has 1 amide bonds. The van der Waals surface area contributed by atoms with E-state index in [9.17, 15) is 19.4 Å². The van der Waals surface area contributed by atoms with Crippen LogP contribution in [-0.2, 0) is 4.79 Å². The number of carbonyl (C=O) groups excluding carboxylic acids is 1. The van der Waals surface area contributed by atoms with Crippen molar-refractivity contribution >= 4 is 22.5 Å². The van der Waals surface area contributed by atoms with Crippen LogP contribution in [0.25, 0.3) is 10.9 Å². The van der Waals surface area contributed by atoms with E-state index in [1.54, 1.807) is 13.3 Å². The molecule has 0 saturated carbocycles. The van der Waals surface area contributed by atoms with Crippen molar-refractivity contribution in [1.82, 2.24) is 9.88 Å². The molecular weight excluding hydrogens is 485 g/mol. The maximum Gasteiger partial charge on any atom is 0.221 e. The number of nitrogens with zero attached hydrogens (tertiary/aromatic N) is 2. The monoisotopic (exact) mass is 519 g/mol. The lowest BCUT2D eigenvalue weighted by atomic mass is 9.81. The third-order valence-corrected chi connectivity index (χ3v) is 7.18. The van der Waals surface area contributed by atoms with E-state index in [1.165, 1.54) is 25.1 Å². The number of amides is 1. The van der Waals surface area contributed by atoms with E-state index in [0.717, 1.165) is 41.6 Å². The number of pyridine rings is 1. The SMILES string of the molecule is COc1ccc2nccc([C@@H](O)CC[C@@H]3CCN(CC#Cc4cc(F)ccc4NC(C)=O)C[C@@H]3CO)c2c1. The van der Waals surface area contributed by atoms with Crippen LogP contribution in [0.2, 0.25) is 0 Å². The summed E-state index contributed by atoms with van der Waals surface area (Å²) in [6, 6.07) is 11.6. The summed E-state index contributed by atoms with van der Waals surface area (Å²) in [6.07, 6.45) is 3.35. The number of ether oxygens (including phenoxy) is 1. The molecule has 1 aromatic heterocycles. The number of benzene rings is 2. The second-order valence-electron chi connectivity index (χ2n) is 9.78. The van der Waals surface area contributed by atoms with Gasteiger partial charge in [-0.2, -0.15) is 0 Å². The van der Waals surface area contributed by atoms with Crippen molar-refractivity contribution in [3.05, 3.63) is 65.6 Å². The van der Waals surface area contributed by atoms with Crippen LogP contribution in [-0.4, -0.2) is 59.4 Å².